The van der Waals surface area contributed by atoms with E-state index in [9.17, 15) is 0 Å². The molecule has 8 aromatic carbocycles. The Morgan fingerprint density at radius 2 is 0.576 bits per heavy atom. The normalized spacial score (nSPS) is 10.9. The topological polar surface area (TPSA) is 207 Å². The minimum atomic E-state index is -2.09. The van der Waals surface area contributed by atoms with Gasteiger partial charge in [-0.15, -0.1) is 216 Å². The molecule has 0 spiro atoms. The van der Waals surface area contributed by atoms with Crippen LogP contribution in [0.5, 0.6) is 0 Å². The third-order valence-electron chi connectivity index (χ3n) is 21.9. The molecule has 0 aliphatic rings. The van der Waals surface area contributed by atoms with E-state index in [2.05, 4.69) is 192 Å². The summed E-state index contributed by atoms with van der Waals surface area (Å²) in [6.07, 6.45) is 22.1. The molecule has 20 heteroatoms. The fourth-order valence-corrected chi connectivity index (χ4v) is 14.9. The van der Waals surface area contributed by atoms with Gasteiger partial charge in [-0.25, -0.2) is 19.9 Å². The smallest absolute Gasteiger partial charge is 0.216 e. The van der Waals surface area contributed by atoms with E-state index in [1.54, 1.807) is 55.4 Å². The molecule has 24 aromatic rings. The summed E-state index contributed by atoms with van der Waals surface area (Å²) in [6, 6.07) is 123. The monoisotopic (exact) mass is 2530 g/mol. The molecule has 0 amide bonds. The number of benzene rings is 8. The number of aromatic nitrogens is 12. The van der Waals surface area contributed by atoms with Crippen LogP contribution in [0.15, 0.2) is 395 Å². The largest absolute Gasteiger partial charge is 0.486 e. The van der Waals surface area contributed by atoms with E-state index in [0.717, 1.165) is 162 Å². The molecular weight excluding hydrogens is 2430 g/mol. The quantitative estimate of drug-likeness (QED) is 0.110. The minimum Gasteiger partial charge on any atom is -0.486 e. The number of nitrogens with zero attached hydrogens (tertiary/aromatic N) is 12. The molecule has 16 aromatic heterocycles. The SMILES string of the molecule is CC(C)c1ccnc(-c2[c-]ccc3c2oc2ncccc23)c1.CC(C)c1ccnc(-c2[c-]ccc3c2oc2ncccc23)c1.CCc1ccnc(-c2[c-]ccc3c2oc2ncccc23)c1.Cc1ccc(-c2[c-]cccc2)nc1.Cc1ccnc(-c2[c-]cccc2)c1.[2H]C([2H])([2H])c1ccc(-c2[c-]cccc2)nc1.[Ir].[Ir].[Ir].[Ir].[c-]1ccc2c(oc3ncccc32)c1-c1ccccn1.[c-]1ccccc1-c1ccccn1. The van der Waals surface area contributed by atoms with Gasteiger partial charge in [0, 0.05) is 180 Å². The first-order valence-corrected chi connectivity index (χ1v) is 44.2. The molecule has 24 rings (SSSR count). The zero-order chi connectivity index (χ0) is 95.1. The van der Waals surface area contributed by atoms with E-state index in [1.807, 2.05) is 281 Å². The molecule has 16 nitrogen and oxygen atoms in total. The average Bonchev–Trinajstić information content (AvgIpc) is 1.63. The van der Waals surface area contributed by atoms with Crippen molar-refractivity contribution >= 4 is 88.3 Å². The van der Waals surface area contributed by atoms with Crippen LogP contribution < -0.4 is 0 Å². The predicted octanol–water partition coefficient (Wildman–Crippen LogP) is 29.3. The van der Waals surface area contributed by atoms with Crippen LogP contribution >= 0.6 is 0 Å². The number of furan rings is 4. The molecule has 0 unspecified atom stereocenters. The standard InChI is InChI=1S/2C19H15N2O.C18H13N2O.C16H9N2O.3C12H10N.C11H8N.4Ir/c2*1-12(2)13-8-10-20-17(11-13)16-6-3-5-14-15-7-4-9-21-19(15)22-18(14)16;1-2-12-8-10-19-16(11-12)15-6-3-5-13-14-7-4-9-20-18(14)21-17(13)15;1-2-9-17-14(8-1)13-6-3-5-11-12-7-4-10-18-16(12)19-15(11)13;1-10-7-8-13-12(9-10)11-5-3-2-4-6-11;2*1-10-7-8-12(13-9-10)11-5-3-2-4-6-11;1-2-6-10(7-3-1)11-8-4-5-9-12-11;;;;/h2*3-5,7-12H,1-2H3;3-5,7-11H,2H2,1H3;1-5,7-10H;3*2-5,7-9H,1H3;1-6,8-9H;;;;/q8*-1;;;;/i;;;;;1D3;;;;;;. The minimum absolute atomic E-state index is 0. The molecule has 694 valence electrons. The van der Waals surface area contributed by atoms with Crippen molar-refractivity contribution in [2.75, 3.05) is 0 Å². The van der Waals surface area contributed by atoms with Crippen LogP contribution in [0.1, 0.15) is 83.9 Å². The summed E-state index contributed by atoms with van der Waals surface area (Å²) in [7, 11) is 0. The number of aryl methyl sites for hydroxylation is 4. The maximum atomic E-state index is 7.23. The Kier molecular flexibility index (Phi) is 35.0. The van der Waals surface area contributed by atoms with Crippen LogP contribution in [0, 0.1) is 69.2 Å². The Balaban J connectivity index is 0.000000137. The van der Waals surface area contributed by atoms with E-state index in [1.165, 1.54) is 34.0 Å². The van der Waals surface area contributed by atoms with Gasteiger partial charge in [0.25, 0.3) is 0 Å². The van der Waals surface area contributed by atoms with Gasteiger partial charge in [0.05, 0.1) is 22.3 Å². The summed E-state index contributed by atoms with van der Waals surface area (Å²) in [6.45, 7) is 12.8. The molecule has 0 bridgehead atoms. The summed E-state index contributed by atoms with van der Waals surface area (Å²) in [5.41, 5.74) is 26.9. The first-order valence-electron chi connectivity index (χ1n) is 45.7. The van der Waals surface area contributed by atoms with Gasteiger partial charge in [0.2, 0.25) is 22.9 Å². The summed E-state index contributed by atoms with van der Waals surface area (Å²) in [5, 5.41) is 8.28. The number of pyridine rings is 12. The number of hydrogen-bond acceptors (Lipinski definition) is 16. The molecule has 139 heavy (non-hydrogen) atoms. The van der Waals surface area contributed by atoms with Crippen LogP contribution in [0.4, 0.5) is 0 Å². The molecule has 0 N–H and O–H groups in total. The van der Waals surface area contributed by atoms with E-state index in [4.69, 9.17) is 21.8 Å². The van der Waals surface area contributed by atoms with Crippen molar-refractivity contribution in [3.8, 4) is 90.1 Å². The Morgan fingerprint density at radius 1 is 0.252 bits per heavy atom. The average molecular weight is 2520 g/mol. The molecule has 0 fully saturated rings. The van der Waals surface area contributed by atoms with Gasteiger partial charge in [-0.05, 0) is 181 Å². The van der Waals surface area contributed by atoms with Gasteiger partial charge in [0.1, 0.15) is 0 Å². The van der Waals surface area contributed by atoms with E-state index >= 15 is 0 Å². The molecular formula is C119H90Ir4N12O4-8. The molecule has 0 saturated heterocycles. The second-order valence-corrected chi connectivity index (χ2v) is 31.8. The maximum Gasteiger partial charge on any atom is 0.216 e. The van der Waals surface area contributed by atoms with Gasteiger partial charge >= 0.3 is 0 Å². The fraction of sp³-hybridized carbons (Fsp3) is 0.0924. The van der Waals surface area contributed by atoms with Crippen molar-refractivity contribution in [1.29, 1.82) is 0 Å². The first-order chi connectivity index (χ1) is 67.5. The summed E-state index contributed by atoms with van der Waals surface area (Å²) < 4.78 is 45.4. The maximum absolute atomic E-state index is 7.23. The van der Waals surface area contributed by atoms with Gasteiger partial charge in [-0.2, -0.15) is 0 Å². The number of fused-ring (bicyclic) bond motifs is 12. The Bertz CT molecular complexity index is 7960. The molecule has 0 atom stereocenters. The molecule has 0 aliphatic heterocycles. The van der Waals surface area contributed by atoms with E-state index in [0.29, 0.717) is 34.7 Å². The van der Waals surface area contributed by atoms with Crippen LogP contribution in [-0.2, 0) is 86.8 Å². The third-order valence-corrected chi connectivity index (χ3v) is 21.9. The third kappa shape index (κ3) is 25.4. The Morgan fingerprint density at radius 3 is 0.914 bits per heavy atom. The van der Waals surface area contributed by atoms with Gasteiger partial charge < -0.3 is 57.5 Å². The van der Waals surface area contributed by atoms with Crippen molar-refractivity contribution in [3.05, 3.63) is 460 Å². The summed E-state index contributed by atoms with van der Waals surface area (Å²) in [4.78, 5) is 51.9. The second-order valence-electron chi connectivity index (χ2n) is 31.8. The first kappa shape index (κ1) is 97.4. The fourth-order valence-electron chi connectivity index (χ4n) is 14.9. The second kappa shape index (κ2) is 49.9. The van der Waals surface area contributed by atoms with Crippen molar-refractivity contribution in [1.82, 2.24) is 59.8 Å². The van der Waals surface area contributed by atoms with Gasteiger partial charge in [-0.1, -0.05) is 173 Å². The van der Waals surface area contributed by atoms with Crippen molar-refractivity contribution in [3.63, 3.8) is 0 Å². The van der Waals surface area contributed by atoms with E-state index < -0.39 is 6.85 Å². The number of hydrogen-bond donors (Lipinski definition) is 0. The Labute approximate surface area is 866 Å². The van der Waals surface area contributed by atoms with Crippen LogP contribution in [0.2, 0.25) is 0 Å². The van der Waals surface area contributed by atoms with Crippen LogP contribution in [0.25, 0.3) is 178 Å². The van der Waals surface area contributed by atoms with Crippen LogP contribution in [-0.4, -0.2) is 59.8 Å². The molecule has 0 aliphatic carbocycles. The van der Waals surface area contributed by atoms with Gasteiger partial charge in [-0.3, -0.25) is 0 Å². The van der Waals surface area contributed by atoms with Crippen molar-refractivity contribution in [2.24, 2.45) is 0 Å². The molecule has 4 radical (unpaired) electrons. The van der Waals surface area contributed by atoms with Crippen molar-refractivity contribution < 1.29 is 102 Å². The summed E-state index contributed by atoms with van der Waals surface area (Å²) >= 11 is 0. The molecule has 16 heterocycles. The van der Waals surface area contributed by atoms with Crippen molar-refractivity contribution in [2.45, 2.75) is 73.6 Å². The molecule has 0 saturated carbocycles. The van der Waals surface area contributed by atoms with Crippen LogP contribution in [0.3, 0.4) is 0 Å². The van der Waals surface area contributed by atoms with Gasteiger partial charge in [0.15, 0.2) is 0 Å². The van der Waals surface area contributed by atoms with E-state index in [-0.39, 0.29) is 86.0 Å². The zero-order valence-electron chi connectivity index (χ0n) is 79.5. The Hall–Kier alpha value is -14.6. The summed E-state index contributed by atoms with van der Waals surface area (Å²) in [5.74, 6) is 0.914. The zero-order valence-corrected chi connectivity index (χ0v) is 86.1. The predicted molar refractivity (Wildman–Crippen MR) is 540 cm³/mol. The number of rotatable bonds is 11.